The van der Waals surface area contributed by atoms with Gasteiger partial charge < -0.3 is 0 Å². The van der Waals surface area contributed by atoms with E-state index in [0.717, 1.165) is 5.56 Å². The average Bonchev–Trinajstić information content (AvgIpc) is 2.08. The van der Waals surface area contributed by atoms with Crippen LogP contribution in [0.25, 0.3) is 0 Å². The number of hydrogen-bond acceptors (Lipinski definition) is 0. The molecule has 0 N–H and O–H groups in total. The first-order valence-corrected chi connectivity index (χ1v) is 4.52. The van der Waals surface area contributed by atoms with Gasteiger partial charge in [-0.05, 0) is 33.5 Å². The summed E-state index contributed by atoms with van der Waals surface area (Å²) in [4.78, 5) is 0. The van der Waals surface area contributed by atoms with Crippen molar-refractivity contribution in [2.24, 2.45) is 0 Å². The van der Waals surface area contributed by atoms with E-state index in [4.69, 9.17) is 0 Å². The van der Waals surface area contributed by atoms with Gasteiger partial charge in [0.15, 0.2) is 0 Å². The molecule has 0 fully saturated rings. The zero-order valence-corrected chi connectivity index (χ0v) is 8.44. The Labute approximate surface area is 80.2 Å². The molecule has 0 saturated carbocycles. The Morgan fingerprint density at radius 2 is 2.25 bits per heavy atom. The van der Waals surface area contributed by atoms with Crippen LogP contribution in [0.4, 0.5) is 4.39 Å². The molecule has 1 rings (SSSR count). The first kappa shape index (κ1) is 9.46. The van der Waals surface area contributed by atoms with E-state index in [1.165, 1.54) is 6.07 Å². The third-order valence-electron chi connectivity index (χ3n) is 1.83. The molecule has 12 heavy (non-hydrogen) atoms. The summed E-state index contributed by atoms with van der Waals surface area (Å²) >= 11 is 3.20. The lowest BCUT2D eigenvalue weighted by Crippen LogP contribution is -1.92. The third kappa shape index (κ3) is 1.75. The van der Waals surface area contributed by atoms with Crippen molar-refractivity contribution in [3.63, 3.8) is 0 Å². The zero-order chi connectivity index (χ0) is 9.14. The van der Waals surface area contributed by atoms with E-state index in [0.29, 0.717) is 4.47 Å². The number of benzene rings is 1. The molecule has 0 aliphatic heterocycles. The molecule has 0 bridgehead atoms. The van der Waals surface area contributed by atoms with Crippen LogP contribution in [0.3, 0.4) is 0 Å². The number of rotatable bonds is 2. The van der Waals surface area contributed by atoms with Crippen LogP contribution in [0.1, 0.15) is 18.4 Å². The van der Waals surface area contributed by atoms with Crippen molar-refractivity contribution in [2.45, 2.75) is 12.8 Å². The Morgan fingerprint density at radius 1 is 1.58 bits per heavy atom. The van der Waals surface area contributed by atoms with E-state index in [1.54, 1.807) is 12.1 Å². The summed E-state index contributed by atoms with van der Waals surface area (Å²) in [5.41, 5.74) is 0.935. The fourth-order valence-electron chi connectivity index (χ4n) is 0.999. The van der Waals surface area contributed by atoms with E-state index >= 15 is 0 Å². The predicted octanol–water partition coefficient (Wildman–Crippen LogP) is 3.88. The van der Waals surface area contributed by atoms with Gasteiger partial charge >= 0.3 is 0 Å². The van der Waals surface area contributed by atoms with Gasteiger partial charge in [0.25, 0.3) is 0 Å². The highest BCUT2D eigenvalue weighted by Crippen LogP contribution is 2.27. The molecule has 64 valence electrons. The normalized spacial score (nSPS) is 12.6. The van der Waals surface area contributed by atoms with Crippen molar-refractivity contribution in [1.29, 1.82) is 0 Å². The summed E-state index contributed by atoms with van der Waals surface area (Å²) < 4.78 is 13.5. The van der Waals surface area contributed by atoms with Crippen molar-refractivity contribution in [1.82, 2.24) is 0 Å². The molecule has 0 spiro atoms. The second kappa shape index (κ2) is 3.85. The Balaban J connectivity index is 3.15. The maximum Gasteiger partial charge on any atom is 0.137 e. The average molecular weight is 229 g/mol. The molecule has 0 amide bonds. The second-order valence-corrected chi connectivity index (χ2v) is 3.46. The minimum atomic E-state index is -0.221. The highest BCUT2D eigenvalue weighted by atomic mass is 79.9. The highest BCUT2D eigenvalue weighted by Gasteiger charge is 2.08. The molecular formula is C10H10BrF. The molecule has 0 aliphatic rings. The summed E-state index contributed by atoms with van der Waals surface area (Å²) in [6.07, 6.45) is 1.79. The van der Waals surface area contributed by atoms with Crippen LogP contribution in [0.2, 0.25) is 0 Å². The predicted molar refractivity (Wildman–Crippen MR) is 52.7 cm³/mol. The van der Waals surface area contributed by atoms with Gasteiger partial charge in [-0.2, -0.15) is 0 Å². The Morgan fingerprint density at radius 3 is 2.83 bits per heavy atom. The van der Waals surface area contributed by atoms with Gasteiger partial charge in [-0.15, -0.1) is 6.58 Å². The Hall–Kier alpha value is -0.630. The molecule has 1 atom stereocenters. The molecular weight excluding hydrogens is 219 g/mol. The summed E-state index contributed by atoms with van der Waals surface area (Å²) in [6.45, 7) is 5.64. The second-order valence-electron chi connectivity index (χ2n) is 2.67. The molecule has 0 aromatic heterocycles. The fraction of sp³-hybridized carbons (Fsp3) is 0.200. The van der Waals surface area contributed by atoms with Gasteiger partial charge in [-0.3, -0.25) is 0 Å². The van der Waals surface area contributed by atoms with Gasteiger partial charge in [-0.25, -0.2) is 4.39 Å². The molecule has 0 nitrogen and oxygen atoms in total. The van der Waals surface area contributed by atoms with Gasteiger partial charge in [0.05, 0.1) is 4.47 Å². The lowest BCUT2D eigenvalue weighted by Gasteiger charge is -2.08. The third-order valence-corrected chi connectivity index (χ3v) is 2.66. The first-order valence-electron chi connectivity index (χ1n) is 3.73. The lowest BCUT2D eigenvalue weighted by molar-refractivity contribution is 0.617. The van der Waals surface area contributed by atoms with Gasteiger partial charge in [0, 0.05) is 0 Å². The van der Waals surface area contributed by atoms with E-state index in [9.17, 15) is 4.39 Å². The molecule has 0 radical (unpaired) electrons. The summed E-state index contributed by atoms with van der Waals surface area (Å²) in [6, 6.07) is 5.03. The maximum absolute atomic E-state index is 13.0. The zero-order valence-electron chi connectivity index (χ0n) is 6.85. The minimum Gasteiger partial charge on any atom is -0.206 e. The van der Waals surface area contributed by atoms with E-state index in [-0.39, 0.29) is 11.7 Å². The van der Waals surface area contributed by atoms with Crippen molar-refractivity contribution in [2.75, 3.05) is 0 Å². The number of allylic oxidation sites excluding steroid dienone is 1. The molecule has 0 aliphatic carbocycles. The molecule has 0 saturated heterocycles. The van der Waals surface area contributed by atoms with Crippen LogP contribution in [0, 0.1) is 5.82 Å². The smallest absolute Gasteiger partial charge is 0.137 e. The highest BCUT2D eigenvalue weighted by molar-refractivity contribution is 9.10. The van der Waals surface area contributed by atoms with E-state index in [2.05, 4.69) is 22.5 Å². The minimum absolute atomic E-state index is 0.176. The van der Waals surface area contributed by atoms with Crippen molar-refractivity contribution in [3.05, 3.63) is 46.7 Å². The monoisotopic (exact) mass is 228 g/mol. The maximum atomic E-state index is 13.0. The summed E-state index contributed by atoms with van der Waals surface area (Å²) in [5.74, 6) is -0.0451. The van der Waals surface area contributed by atoms with Crippen LogP contribution in [0.5, 0.6) is 0 Å². The van der Waals surface area contributed by atoms with Gasteiger partial charge in [-0.1, -0.05) is 25.1 Å². The Bertz CT molecular complexity index is 294. The summed E-state index contributed by atoms with van der Waals surface area (Å²) in [7, 11) is 0. The van der Waals surface area contributed by atoms with Gasteiger partial charge in [0.1, 0.15) is 5.82 Å². The van der Waals surface area contributed by atoms with Crippen molar-refractivity contribution < 1.29 is 4.39 Å². The first-order chi connectivity index (χ1) is 5.66. The molecule has 1 aromatic carbocycles. The fourth-order valence-corrected chi connectivity index (χ4v) is 1.62. The van der Waals surface area contributed by atoms with E-state index < -0.39 is 0 Å². The molecule has 2 heteroatoms. The number of halogens is 2. The van der Waals surface area contributed by atoms with Gasteiger partial charge in [0.2, 0.25) is 0 Å². The molecule has 1 unspecified atom stereocenters. The largest absolute Gasteiger partial charge is 0.206 e. The van der Waals surface area contributed by atoms with Crippen molar-refractivity contribution in [3.8, 4) is 0 Å². The molecule has 1 aromatic rings. The van der Waals surface area contributed by atoms with Crippen LogP contribution in [-0.2, 0) is 0 Å². The van der Waals surface area contributed by atoms with Crippen LogP contribution < -0.4 is 0 Å². The van der Waals surface area contributed by atoms with Crippen LogP contribution in [0.15, 0.2) is 35.3 Å². The summed E-state index contributed by atoms with van der Waals surface area (Å²) in [5, 5.41) is 0. The lowest BCUT2D eigenvalue weighted by atomic mass is 10.0. The topological polar surface area (TPSA) is 0 Å². The van der Waals surface area contributed by atoms with Crippen LogP contribution >= 0.6 is 15.9 Å². The molecule has 0 heterocycles. The van der Waals surface area contributed by atoms with Crippen molar-refractivity contribution >= 4 is 15.9 Å². The standard InChI is InChI=1S/C10H10BrF/c1-3-7(2)8-5-4-6-9(12)10(8)11/h3-7H,1H2,2H3. The SMILES string of the molecule is C=CC(C)c1cccc(F)c1Br. The Kier molecular flexibility index (Phi) is 3.04. The quantitative estimate of drug-likeness (QED) is 0.675. The number of hydrogen-bond donors (Lipinski definition) is 0. The van der Waals surface area contributed by atoms with Crippen LogP contribution in [-0.4, -0.2) is 0 Å². The van der Waals surface area contributed by atoms with E-state index in [1.807, 2.05) is 13.0 Å².